The Morgan fingerprint density at radius 1 is 1.36 bits per heavy atom. The average Bonchev–Trinajstić information content (AvgIpc) is 2.47. The van der Waals surface area contributed by atoms with Crippen molar-refractivity contribution in [2.24, 2.45) is 5.92 Å². The van der Waals surface area contributed by atoms with Crippen molar-refractivity contribution in [2.75, 3.05) is 6.54 Å². The van der Waals surface area contributed by atoms with Gasteiger partial charge in [0, 0.05) is 5.56 Å². The highest BCUT2D eigenvalue weighted by Crippen LogP contribution is 2.15. The van der Waals surface area contributed by atoms with Crippen molar-refractivity contribution in [2.45, 2.75) is 39.3 Å². The van der Waals surface area contributed by atoms with Crippen molar-refractivity contribution in [3.63, 3.8) is 0 Å². The summed E-state index contributed by atoms with van der Waals surface area (Å²) in [6, 6.07) is 5.59. The number of nitrogens with zero attached hydrogens (tertiary/aromatic N) is 1. The summed E-state index contributed by atoms with van der Waals surface area (Å²) in [7, 11) is 0. The van der Waals surface area contributed by atoms with Gasteiger partial charge in [-0.25, -0.2) is 8.78 Å². The quantitative estimate of drug-likeness (QED) is 0.838. The number of hydrogen-bond donors (Lipinski definition) is 2. The maximum absolute atomic E-state index is 13.2. The van der Waals surface area contributed by atoms with Crippen LogP contribution in [0, 0.1) is 28.9 Å². The molecular weight excluding hydrogens is 288 g/mol. The summed E-state index contributed by atoms with van der Waals surface area (Å²) in [6.45, 7) is 7.29. The van der Waals surface area contributed by atoms with Gasteiger partial charge in [0.15, 0.2) is 18.2 Å². The molecule has 0 saturated carbocycles. The zero-order valence-corrected chi connectivity index (χ0v) is 13.3. The third-order valence-electron chi connectivity index (χ3n) is 3.91. The molecule has 3 N–H and O–H groups in total. The minimum Gasteiger partial charge on any atom is -0.333 e. The van der Waals surface area contributed by atoms with E-state index < -0.39 is 17.2 Å². The Kier molecular flexibility index (Phi) is 6.01. The van der Waals surface area contributed by atoms with Crippen LogP contribution in [0.4, 0.5) is 8.78 Å². The molecular formula is C16H22F2N3O+. The highest BCUT2D eigenvalue weighted by atomic mass is 19.2. The molecule has 0 spiro atoms. The van der Waals surface area contributed by atoms with E-state index in [4.69, 9.17) is 5.26 Å². The Hall–Kier alpha value is -2.00. The number of carbonyl (C=O) groups is 1. The van der Waals surface area contributed by atoms with Crippen LogP contribution in [0.5, 0.6) is 0 Å². The first-order chi connectivity index (χ1) is 10.2. The van der Waals surface area contributed by atoms with E-state index in [-0.39, 0.29) is 24.4 Å². The van der Waals surface area contributed by atoms with Crippen LogP contribution >= 0.6 is 0 Å². The Bertz CT molecular complexity index is 583. The lowest BCUT2D eigenvalue weighted by molar-refractivity contribution is -0.682. The first-order valence-electron chi connectivity index (χ1n) is 7.20. The summed E-state index contributed by atoms with van der Waals surface area (Å²) in [6.07, 6.45) is 0. The molecule has 0 unspecified atom stereocenters. The van der Waals surface area contributed by atoms with E-state index in [0.717, 1.165) is 12.1 Å². The van der Waals surface area contributed by atoms with Crippen LogP contribution in [-0.2, 0) is 4.79 Å². The van der Waals surface area contributed by atoms with Gasteiger partial charge in [-0.3, -0.25) is 4.79 Å². The predicted molar refractivity (Wildman–Crippen MR) is 78.6 cm³/mol. The van der Waals surface area contributed by atoms with Gasteiger partial charge in [-0.05, 0) is 38.0 Å². The Balaban J connectivity index is 2.60. The van der Waals surface area contributed by atoms with E-state index in [1.54, 1.807) is 19.2 Å². The van der Waals surface area contributed by atoms with Crippen LogP contribution in [0.15, 0.2) is 18.2 Å². The molecule has 0 radical (unpaired) electrons. The summed E-state index contributed by atoms with van der Waals surface area (Å²) >= 11 is 0. The first-order valence-corrected chi connectivity index (χ1v) is 7.20. The van der Waals surface area contributed by atoms with Crippen LogP contribution < -0.4 is 10.6 Å². The molecule has 0 aromatic heterocycles. The molecule has 0 aliphatic rings. The molecule has 0 saturated heterocycles. The molecule has 22 heavy (non-hydrogen) atoms. The molecule has 4 nitrogen and oxygen atoms in total. The number of nitrogens with two attached hydrogens (primary N) is 1. The second-order valence-corrected chi connectivity index (χ2v) is 5.92. The highest BCUT2D eigenvalue weighted by molar-refractivity contribution is 5.78. The molecule has 120 valence electrons. The molecule has 1 rings (SSSR count). The van der Waals surface area contributed by atoms with Crippen LogP contribution in [0.2, 0.25) is 0 Å². The number of nitriles is 1. The van der Waals surface area contributed by atoms with Crippen molar-refractivity contribution < 1.29 is 18.9 Å². The number of halogens is 2. The zero-order chi connectivity index (χ0) is 16.9. The van der Waals surface area contributed by atoms with Crippen molar-refractivity contribution in [1.82, 2.24) is 5.32 Å². The minimum atomic E-state index is -0.920. The Morgan fingerprint density at radius 2 is 2.00 bits per heavy atom. The van der Waals surface area contributed by atoms with Gasteiger partial charge in [-0.2, -0.15) is 5.26 Å². The smallest absolute Gasteiger partial charge is 0.276 e. The Labute approximate surface area is 129 Å². The fourth-order valence-corrected chi connectivity index (χ4v) is 1.86. The van der Waals surface area contributed by atoms with Gasteiger partial charge < -0.3 is 10.6 Å². The summed E-state index contributed by atoms with van der Waals surface area (Å²) in [4.78, 5) is 12.0. The van der Waals surface area contributed by atoms with Gasteiger partial charge >= 0.3 is 0 Å². The summed E-state index contributed by atoms with van der Waals surface area (Å²) in [5.74, 6) is -2.09. The Morgan fingerprint density at radius 3 is 2.50 bits per heavy atom. The van der Waals surface area contributed by atoms with Gasteiger partial charge in [0.05, 0.1) is 6.07 Å². The van der Waals surface area contributed by atoms with Gasteiger partial charge in [0.25, 0.3) is 5.91 Å². The normalized spacial score (nSPS) is 15.0. The van der Waals surface area contributed by atoms with Crippen LogP contribution in [0.25, 0.3) is 0 Å². The number of carbonyl (C=O) groups excluding carboxylic acids is 1. The third kappa shape index (κ3) is 4.50. The van der Waals surface area contributed by atoms with Crippen molar-refractivity contribution in [3.05, 3.63) is 35.4 Å². The predicted octanol–water partition coefficient (Wildman–Crippen LogP) is 1.64. The largest absolute Gasteiger partial charge is 0.333 e. The van der Waals surface area contributed by atoms with E-state index in [1.165, 1.54) is 6.07 Å². The molecule has 2 atom stereocenters. The second-order valence-electron chi connectivity index (χ2n) is 5.92. The molecule has 0 heterocycles. The lowest BCUT2D eigenvalue weighted by atomic mass is 9.90. The number of rotatable bonds is 6. The number of quaternary nitrogens is 1. The van der Waals surface area contributed by atoms with Crippen molar-refractivity contribution in [3.8, 4) is 6.07 Å². The molecule has 1 aromatic carbocycles. The fraction of sp³-hybridized carbons (Fsp3) is 0.500. The van der Waals surface area contributed by atoms with Crippen molar-refractivity contribution in [1.29, 1.82) is 5.26 Å². The first kappa shape index (κ1) is 18.1. The SMILES string of the molecule is CC(C)[C@](C)(C#N)NC(=O)C[NH2+][C@H](C)c1ccc(F)c(F)c1. The minimum absolute atomic E-state index is 0.0231. The summed E-state index contributed by atoms with van der Waals surface area (Å²) < 4.78 is 26.1. The monoisotopic (exact) mass is 310 g/mol. The standard InChI is InChI=1S/C16H21F2N3O/c1-10(2)16(4,9-19)21-15(22)8-20-11(3)12-5-6-13(17)14(18)7-12/h5-7,10-11,20H,8H2,1-4H3,(H,21,22)/p+1/t11-,16+/m1/s1. The number of benzene rings is 1. The molecule has 1 aromatic rings. The highest BCUT2D eigenvalue weighted by Gasteiger charge is 2.30. The molecule has 1 amide bonds. The van der Waals surface area contributed by atoms with Gasteiger partial charge in [-0.15, -0.1) is 0 Å². The van der Waals surface area contributed by atoms with E-state index in [2.05, 4.69) is 11.4 Å². The molecule has 0 fully saturated rings. The van der Waals surface area contributed by atoms with Gasteiger partial charge in [-0.1, -0.05) is 13.8 Å². The number of nitrogens with one attached hydrogen (secondary N) is 1. The van der Waals surface area contributed by atoms with Crippen molar-refractivity contribution >= 4 is 5.91 Å². The molecule has 0 aliphatic carbocycles. The second kappa shape index (κ2) is 7.32. The van der Waals surface area contributed by atoms with Crippen LogP contribution in [0.3, 0.4) is 0 Å². The topological polar surface area (TPSA) is 69.5 Å². The lowest BCUT2D eigenvalue weighted by Crippen LogP contribution is -2.87. The zero-order valence-electron chi connectivity index (χ0n) is 13.3. The molecule has 0 aliphatic heterocycles. The lowest BCUT2D eigenvalue weighted by Gasteiger charge is -2.27. The fourth-order valence-electron chi connectivity index (χ4n) is 1.86. The molecule has 6 heteroatoms. The van der Waals surface area contributed by atoms with Crippen LogP contribution in [0.1, 0.15) is 39.3 Å². The van der Waals surface area contributed by atoms with E-state index >= 15 is 0 Å². The van der Waals surface area contributed by atoms with Crippen LogP contribution in [-0.4, -0.2) is 18.0 Å². The third-order valence-corrected chi connectivity index (χ3v) is 3.91. The van der Waals surface area contributed by atoms with E-state index in [0.29, 0.717) is 5.56 Å². The number of hydrogen-bond acceptors (Lipinski definition) is 2. The van der Waals surface area contributed by atoms with E-state index in [1.807, 2.05) is 13.8 Å². The number of amides is 1. The summed E-state index contributed by atoms with van der Waals surface area (Å²) in [5.41, 5.74) is -0.325. The van der Waals surface area contributed by atoms with Gasteiger partial charge in [0.2, 0.25) is 0 Å². The van der Waals surface area contributed by atoms with E-state index in [9.17, 15) is 13.6 Å². The van der Waals surface area contributed by atoms with Gasteiger partial charge in [0.1, 0.15) is 11.6 Å². The summed E-state index contributed by atoms with van der Waals surface area (Å²) in [5, 5.41) is 13.6. The average molecular weight is 310 g/mol. The molecule has 0 bridgehead atoms. The maximum atomic E-state index is 13.2. The maximum Gasteiger partial charge on any atom is 0.276 e.